The second-order valence-corrected chi connectivity index (χ2v) is 4.83. The summed E-state index contributed by atoms with van der Waals surface area (Å²) in [5.74, 6) is -1.46. The summed E-state index contributed by atoms with van der Waals surface area (Å²) in [7, 11) is 0. The van der Waals surface area contributed by atoms with Crippen LogP contribution >= 0.6 is 0 Å². The fourth-order valence-electron chi connectivity index (χ4n) is 2.19. The van der Waals surface area contributed by atoms with E-state index < -0.39 is 17.2 Å². The Bertz CT molecular complexity index is 786. The minimum absolute atomic E-state index is 0.131. The van der Waals surface area contributed by atoms with E-state index in [0.717, 1.165) is 0 Å². The minimum atomic E-state index is -0.677. The second kappa shape index (κ2) is 5.47. The van der Waals surface area contributed by atoms with Gasteiger partial charge in [0.1, 0.15) is 5.82 Å². The number of halogens is 1. The monoisotopic (exact) mass is 304 g/mol. The Kier molecular flexibility index (Phi) is 3.50. The smallest absolute Gasteiger partial charge is 0.298 e. The molecule has 2 heterocycles. The van der Waals surface area contributed by atoms with Gasteiger partial charge in [0.2, 0.25) is 11.7 Å². The van der Waals surface area contributed by atoms with E-state index in [9.17, 15) is 19.1 Å². The number of nitrogens with one attached hydrogen (secondary N) is 2. The minimum Gasteiger partial charge on any atom is -0.501 e. The number of hydrogen-bond acceptors (Lipinski definition) is 5. The van der Waals surface area contributed by atoms with Crippen LogP contribution in [-0.2, 0) is 13.1 Å². The van der Waals surface area contributed by atoms with Gasteiger partial charge in [0.25, 0.3) is 11.5 Å². The first-order valence-electron chi connectivity index (χ1n) is 6.66. The highest BCUT2D eigenvalue weighted by atomic mass is 19.1. The maximum Gasteiger partial charge on any atom is 0.298 e. The zero-order valence-corrected chi connectivity index (χ0v) is 11.5. The summed E-state index contributed by atoms with van der Waals surface area (Å²) in [5.41, 5.74) is -0.292. The summed E-state index contributed by atoms with van der Waals surface area (Å²) in [4.78, 5) is 28.0. The van der Waals surface area contributed by atoms with E-state index in [-0.39, 0.29) is 24.0 Å². The predicted molar refractivity (Wildman–Crippen MR) is 76.2 cm³/mol. The molecule has 1 aromatic heterocycles. The summed E-state index contributed by atoms with van der Waals surface area (Å²) in [6.07, 6.45) is 0. The fraction of sp³-hybridized carbons (Fsp3) is 0.214. The first-order valence-corrected chi connectivity index (χ1v) is 6.66. The van der Waals surface area contributed by atoms with Crippen LogP contribution in [0.5, 0.6) is 5.75 Å². The van der Waals surface area contributed by atoms with Crippen molar-refractivity contribution in [2.24, 2.45) is 0 Å². The molecule has 7 nitrogen and oxygen atoms in total. The van der Waals surface area contributed by atoms with Crippen LogP contribution in [0.2, 0.25) is 0 Å². The summed E-state index contributed by atoms with van der Waals surface area (Å²) in [6.45, 7) is 1.04. The summed E-state index contributed by atoms with van der Waals surface area (Å²) >= 11 is 0. The average molecular weight is 304 g/mol. The van der Waals surface area contributed by atoms with Crippen LogP contribution in [0.4, 0.5) is 10.3 Å². The van der Waals surface area contributed by atoms with E-state index >= 15 is 0 Å². The predicted octanol–water partition coefficient (Wildman–Crippen LogP) is 0.443. The van der Waals surface area contributed by atoms with Crippen molar-refractivity contribution in [1.82, 2.24) is 14.9 Å². The Balaban J connectivity index is 1.79. The van der Waals surface area contributed by atoms with Gasteiger partial charge in [0.05, 0.1) is 0 Å². The van der Waals surface area contributed by atoms with Crippen molar-refractivity contribution < 1.29 is 14.3 Å². The first-order chi connectivity index (χ1) is 10.6. The Hall–Kier alpha value is -2.90. The quantitative estimate of drug-likeness (QED) is 0.765. The van der Waals surface area contributed by atoms with Gasteiger partial charge in [-0.1, -0.05) is 12.1 Å². The number of fused-ring (bicyclic) bond motifs is 1. The van der Waals surface area contributed by atoms with Crippen LogP contribution in [-0.4, -0.2) is 27.1 Å². The molecule has 3 N–H and O–H groups in total. The molecule has 0 spiro atoms. The molecular weight excluding hydrogens is 291 g/mol. The molecule has 0 radical (unpaired) electrons. The number of carbonyl (C=O) groups excluding carboxylic acids is 1. The number of amides is 1. The Morgan fingerprint density at radius 2 is 2.14 bits per heavy atom. The van der Waals surface area contributed by atoms with E-state index in [4.69, 9.17) is 0 Å². The number of benzene rings is 1. The van der Waals surface area contributed by atoms with Gasteiger partial charge in [0, 0.05) is 19.6 Å². The van der Waals surface area contributed by atoms with Gasteiger partial charge in [-0.15, -0.1) is 0 Å². The van der Waals surface area contributed by atoms with Crippen LogP contribution in [0.3, 0.4) is 0 Å². The number of nitrogens with zero attached hydrogens (tertiary/aromatic N) is 2. The first kappa shape index (κ1) is 14.1. The molecule has 1 amide bonds. The van der Waals surface area contributed by atoms with Crippen molar-refractivity contribution >= 4 is 11.9 Å². The molecule has 8 heteroatoms. The standard InChI is InChI=1S/C14H13FN4O3/c15-9-3-1-8(2-4-9)7-17-12(21)10-11(20)13(22)19-6-5-16-14(19)18-10/h1-4,20H,5-7H2,(H,16,18)(H,17,21). The number of hydrogen-bond donors (Lipinski definition) is 3. The second-order valence-electron chi connectivity index (χ2n) is 4.83. The van der Waals surface area contributed by atoms with Crippen LogP contribution in [0.1, 0.15) is 16.1 Å². The average Bonchev–Trinajstić information content (AvgIpc) is 2.98. The molecule has 0 saturated carbocycles. The molecule has 1 aromatic carbocycles. The molecule has 0 atom stereocenters. The fourth-order valence-corrected chi connectivity index (χ4v) is 2.19. The number of aromatic hydroxyl groups is 1. The van der Waals surface area contributed by atoms with Crippen molar-refractivity contribution in [3.63, 3.8) is 0 Å². The molecule has 22 heavy (non-hydrogen) atoms. The van der Waals surface area contributed by atoms with Crippen molar-refractivity contribution in [3.8, 4) is 5.75 Å². The van der Waals surface area contributed by atoms with Gasteiger partial charge in [-0.2, -0.15) is 0 Å². The third-order valence-corrected chi connectivity index (χ3v) is 3.35. The topological polar surface area (TPSA) is 96.2 Å². The summed E-state index contributed by atoms with van der Waals surface area (Å²) < 4.78 is 14.1. The molecule has 0 aliphatic carbocycles. The molecule has 114 valence electrons. The zero-order valence-electron chi connectivity index (χ0n) is 11.5. The van der Waals surface area contributed by atoms with Crippen LogP contribution < -0.4 is 16.2 Å². The van der Waals surface area contributed by atoms with Crippen LogP contribution in [0.15, 0.2) is 29.1 Å². The lowest BCUT2D eigenvalue weighted by Crippen LogP contribution is -2.28. The van der Waals surface area contributed by atoms with Crippen molar-refractivity contribution in [1.29, 1.82) is 0 Å². The maximum absolute atomic E-state index is 12.8. The number of anilines is 1. The zero-order chi connectivity index (χ0) is 15.7. The van der Waals surface area contributed by atoms with E-state index in [1.165, 1.54) is 28.8 Å². The Morgan fingerprint density at radius 1 is 1.41 bits per heavy atom. The molecule has 0 bridgehead atoms. The van der Waals surface area contributed by atoms with Crippen LogP contribution in [0.25, 0.3) is 0 Å². The molecule has 0 saturated heterocycles. The van der Waals surface area contributed by atoms with Gasteiger partial charge in [-0.25, -0.2) is 9.37 Å². The maximum atomic E-state index is 12.8. The van der Waals surface area contributed by atoms with Gasteiger partial charge < -0.3 is 15.7 Å². The van der Waals surface area contributed by atoms with E-state index in [2.05, 4.69) is 15.6 Å². The summed E-state index contributed by atoms with van der Waals surface area (Å²) in [6, 6.07) is 5.62. The molecule has 1 aliphatic rings. The number of rotatable bonds is 3. The van der Waals surface area contributed by atoms with Gasteiger partial charge >= 0.3 is 0 Å². The highest BCUT2D eigenvalue weighted by Crippen LogP contribution is 2.15. The van der Waals surface area contributed by atoms with Crippen LogP contribution in [0, 0.1) is 5.82 Å². The molecular formula is C14H13FN4O3. The molecule has 3 rings (SSSR count). The highest BCUT2D eigenvalue weighted by Gasteiger charge is 2.23. The number of carbonyl (C=O) groups is 1. The highest BCUT2D eigenvalue weighted by molar-refractivity contribution is 5.95. The lowest BCUT2D eigenvalue weighted by Gasteiger charge is -2.08. The molecule has 1 aliphatic heterocycles. The normalized spacial score (nSPS) is 12.6. The largest absolute Gasteiger partial charge is 0.501 e. The lowest BCUT2D eigenvalue weighted by atomic mass is 10.2. The third kappa shape index (κ3) is 2.50. The van der Waals surface area contributed by atoms with Gasteiger partial charge in [-0.3, -0.25) is 14.2 Å². The van der Waals surface area contributed by atoms with Crippen molar-refractivity contribution in [2.45, 2.75) is 13.1 Å². The Labute approximate surface area is 124 Å². The van der Waals surface area contributed by atoms with Crippen molar-refractivity contribution in [3.05, 3.63) is 51.7 Å². The van der Waals surface area contributed by atoms with Gasteiger partial charge in [0.15, 0.2) is 5.69 Å². The van der Waals surface area contributed by atoms with Crippen molar-refractivity contribution in [2.75, 3.05) is 11.9 Å². The molecule has 0 fully saturated rings. The molecule has 2 aromatic rings. The summed E-state index contributed by atoms with van der Waals surface area (Å²) in [5, 5.41) is 15.2. The SMILES string of the molecule is O=C(NCc1ccc(F)cc1)c1nc2n(c(=O)c1O)CCN2. The molecule has 0 unspecified atom stereocenters. The van der Waals surface area contributed by atoms with Gasteiger partial charge in [-0.05, 0) is 17.7 Å². The van der Waals surface area contributed by atoms with E-state index in [1.807, 2.05) is 0 Å². The Morgan fingerprint density at radius 3 is 2.86 bits per heavy atom. The number of aromatic nitrogens is 2. The van der Waals surface area contributed by atoms with E-state index in [0.29, 0.717) is 18.7 Å². The van der Waals surface area contributed by atoms with E-state index in [1.54, 1.807) is 0 Å². The third-order valence-electron chi connectivity index (χ3n) is 3.35. The lowest BCUT2D eigenvalue weighted by molar-refractivity contribution is 0.0942.